The number of para-hydroxylation sites is 1. The topological polar surface area (TPSA) is 59.9 Å². The lowest BCUT2D eigenvalue weighted by molar-refractivity contribution is 0.222. The Kier molecular flexibility index (Phi) is 4.39. The maximum Gasteiger partial charge on any atom is 0.322 e. The van der Waals surface area contributed by atoms with Gasteiger partial charge in [-0.3, -0.25) is 0 Å². The molecule has 0 atom stereocenters. The minimum atomic E-state index is -0.0494. The molecule has 19 heavy (non-hydrogen) atoms. The molecule has 2 aromatic rings. The molecule has 0 aliphatic rings. The molecule has 0 saturated carbocycles. The van der Waals surface area contributed by atoms with Gasteiger partial charge < -0.3 is 10.1 Å². The molecule has 7 heteroatoms. The van der Waals surface area contributed by atoms with Crippen LogP contribution in [0.1, 0.15) is 13.8 Å². The Morgan fingerprint density at radius 1 is 1.11 bits per heavy atom. The highest BCUT2D eigenvalue weighted by Crippen LogP contribution is 2.24. The van der Waals surface area contributed by atoms with E-state index in [0.717, 1.165) is 0 Å². The smallest absolute Gasteiger partial charge is 0.322 e. The molecule has 1 aromatic carbocycles. The monoisotopic (exact) mass is 298 g/mol. The summed E-state index contributed by atoms with van der Waals surface area (Å²) in [6.45, 7) is 3.75. The Morgan fingerprint density at radius 2 is 1.84 bits per heavy atom. The van der Waals surface area contributed by atoms with Crippen molar-refractivity contribution in [1.29, 1.82) is 0 Å². The second kappa shape index (κ2) is 6.04. The zero-order chi connectivity index (χ0) is 13.8. The van der Waals surface area contributed by atoms with Crippen LogP contribution in [0.4, 0.5) is 11.6 Å². The SMILES string of the molecule is CC(C)Oc1nc(Cl)nc(Nc2ccccc2Cl)n1. The third-order valence-corrected chi connectivity index (χ3v) is 2.55. The molecule has 1 heterocycles. The lowest BCUT2D eigenvalue weighted by Crippen LogP contribution is -2.10. The normalized spacial score (nSPS) is 10.6. The summed E-state index contributed by atoms with van der Waals surface area (Å²) >= 11 is 11.9. The molecule has 0 aliphatic carbocycles. The van der Waals surface area contributed by atoms with Crippen LogP contribution in [0.3, 0.4) is 0 Å². The summed E-state index contributed by atoms with van der Waals surface area (Å²) in [6, 6.07) is 7.43. The minimum Gasteiger partial charge on any atom is -0.461 e. The Hall–Kier alpha value is -1.59. The number of anilines is 2. The second-order valence-corrected chi connectivity index (χ2v) is 4.73. The first-order chi connectivity index (χ1) is 9.04. The van der Waals surface area contributed by atoms with Crippen LogP contribution < -0.4 is 10.1 Å². The quantitative estimate of drug-likeness (QED) is 0.932. The Labute approximate surface area is 121 Å². The number of aromatic nitrogens is 3. The van der Waals surface area contributed by atoms with Crippen LogP contribution in [-0.4, -0.2) is 21.1 Å². The summed E-state index contributed by atoms with van der Waals surface area (Å²) in [4.78, 5) is 12.0. The van der Waals surface area contributed by atoms with Crippen LogP contribution in [-0.2, 0) is 0 Å². The molecule has 1 aromatic heterocycles. The van der Waals surface area contributed by atoms with E-state index in [1.54, 1.807) is 6.07 Å². The van der Waals surface area contributed by atoms with E-state index in [4.69, 9.17) is 27.9 Å². The Morgan fingerprint density at radius 3 is 2.53 bits per heavy atom. The van der Waals surface area contributed by atoms with E-state index in [-0.39, 0.29) is 23.3 Å². The molecule has 1 N–H and O–H groups in total. The highest BCUT2D eigenvalue weighted by Gasteiger charge is 2.09. The summed E-state index contributed by atoms with van der Waals surface area (Å²) in [6.07, 6.45) is -0.0494. The number of nitrogens with zero attached hydrogens (tertiary/aromatic N) is 3. The van der Waals surface area contributed by atoms with Gasteiger partial charge in [0.1, 0.15) is 0 Å². The maximum absolute atomic E-state index is 6.04. The molecular formula is C12H12Cl2N4O. The molecule has 0 aliphatic heterocycles. The van der Waals surface area contributed by atoms with Gasteiger partial charge >= 0.3 is 6.01 Å². The summed E-state index contributed by atoms with van der Waals surface area (Å²) in [5, 5.41) is 3.58. The van der Waals surface area contributed by atoms with Crippen molar-refractivity contribution in [1.82, 2.24) is 15.0 Å². The van der Waals surface area contributed by atoms with E-state index in [1.807, 2.05) is 32.0 Å². The molecule has 0 bridgehead atoms. The fourth-order valence-electron chi connectivity index (χ4n) is 1.33. The fraction of sp³-hybridized carbons (Fsp3) is 0.250. The van der Waals surface area contributed by atoms with Crippen LogP contribution in [0.25, 0.3) is 0 Å². The van der Waals surface area contributed by atoms with Gasteiger partial charge in [-0.25, -0.2) is 0 Å². The van der Waals surface area contributed by atoms with E-state index < -0.39 is 0 Å². The predicted molar refractivity (Wildman–Crippen MR) is 75.3 cm³/mol. The van der Waals surface area contributed by atoms with Crippen molar-refractivity contribution in [3.05, 3.63) is 34.6 Å². The third-order valence-electron chi connectivity index (χ3n) is 2.05. The van der Waals surface area contributed by atoms with E-state index in [9.17, 15) is 0 Å². The van der Waals surface area contributed by atoms with Gasteiger partial charge in [-0.1, -0.05) is 23.7 Å². The first kappa shape index (κ1) is 13.8. The molecular weight excluding hydrogens is 287 g/mol. The predicted octanol–water partition coefficient (Wildman–Crippen LogP) is 3.71. The zero-order valence-electron chi connectivity index (χ0n) is 10.4. The average molecular weight is 299 g/mol. The number of halogens is 2. The maximum atomic E-state index is 6.04. The van der Waals surface area contributed by atoms with Gasteiger partial charge in [0.25, 0.3) is 0 Å². The van der Waals surface area contributed by atoms with Gasteiger partial charge in [-0.2, -0.15) is 15.0 Å². The van der Waals surface area contributed by atoms with Gasteiger partial charge in [-0.05, 0) is 37.6 Å². The lowest BCUT2D eigenvalue weighted by Gasteiger charge is -2.10. The standard InChI is InChI=1S/C12H12Cl2N4O/c1-7(2)19-12-17-10(14)16-11(18-12)15-9-6-4-3-5-8(9)13/h3-7H,1-2H3,(H,15,16,17,18). The molecule has 0 spiro atoms. The molecule has 2 rings (SSSR count). The molecule has 0 fully saturated rings. The van der Waals surface area contributed by atoms with Gasteiger partial charge in [0.15, 0.2) is 0 Å². The van der Waals surface area contributed by atoms with Crippen molar-refractivity contribution in [2.24, 2.45) is 0 Å². The third kappa shape index (κ3) is 3.94. The molecule has 5 nitrogen and oxygen atoms in total. The van der Waals surface area contributed by atoms with Gasteiger partial charge in [0.2, 0.25) is 11.2 Å². The van der Waals surface area contributed by atoms with Crippen molar-refractivity contribution in [3.63, 3.8) is 0 Å². The van der Waals surface area contributed by atoms with Crippen molar-refractivity contribution in [3.8, 4) is 6.01 Å². The molecule has 100 valence electrons. The molecule has 0 saturated heterocycles. The van der Waals surface area contributed by atoms with Crippen LogP contribution in [0.5, 0.6) is 6.01 Å². The fourth-order valence-corrected chi connectivity index (χ4v) is 1.67. The highest BCUT2D eigenvalue weighted by molar-refractivity contribution is 6.33. The second-order valence-electron chi connectivity index (χ2n) is 3.98. The number of hydrogen-bond donors (Lipinski definition) is 1. The number of hydrogen-bond acceptors (Lipinski definition) is 5. The van der Waals surface area contributed by atoms with Gasteiger partial charge in [0, 0.05) is 0 Å². The van der Waals surface area contributed by atoms with Gasteiger partial charge in [-0.15, -0.1) is 0 Å². The Balaban J connectivity index is 2.25. The van der Waals surface area contributed by atoms with E-state index in [0.29, 0.717) is 10.7 Å². The molecule has 0 unspecified atom stereocenters. The first-order valence-electron chi connectivity index (χ1n) is 5.64. The van der Waals surface area contributed by atoms with Crippen LogP contribution >= 0.6 is 23.2 Å². The van der Waals surface area contributed by atoms with Crippen LogP contribution in [0.2, 0.25) is 10.3 Å². The van der Waals surface area contributed by atoms with Crippen molar-refractivity contribution >= 4 is 34.8 Å². The zero-order valence-corrected chi connectivity index (χ0v) is 11.9. The summed E-state index contributed by atoms with van der Waals surface area (Å²) in [5.74, 6) is 0.281. The summed E-state index contributed by atoms with van der Waals surface area (Å²) in [5.41, 5.74) is 0.682. The van der Waals surface area contributed by atoms with Crippen molar-refractivity contribution < 1.29 is 4.74 Å². The highest BCUT2D eigenvalue weighted by atomic mass is 35.5. The Bertz CT molecular complexity index is 577. The van der Waals surface area contributed by atoms with E-state index >= 15 is 0 Å². The van der Waals surface area contributed by atoms with Crippen molar-refractivity contribution in [2.45, 2.75) is 20.0 Å². The molecule has 0 amide bonds. The van der Waals surface area contributed by atoms with E-state index in [1.165, 1.54) is 0 Å². The average Bonchev–Trinajstić information content (AvgIpc) is 2.30. The summed E-state index contributed by atoms with van der Waals surface area (Å²) in [7, 11) is 0. The minimum absolute atomic E-state index is 0.0494. The lowest BCUT2D eigenvalue weighted by atomic mass is 10.3. The van der Waals surface area contributed by atoms with Crippen LogP contribution in [0, 0.1) is 0 Å². The van der Waals surface area contributed by atoms with E-state index in [2.05, 4.69) is 20.3 Å². The number of ether oxygens (including phenoxy) is 1. The summed E-state index contributed by atoms with van der Waals surface area (Å²) < 4.78 is 5.38. The number of benzene rings is 1. The van der Waals surface area contributed by atoms with Crippen LogP contribution in [0.15, 0.2) is 24.3 Å². The van der Waals surface area contributed by atoms with Crippen molar-refractivity contribution in [2.75, 3.05) is 5.32 Å². The number of rotatable bonds is 4. The number of nitrogens with one attached hydrogen (secondary N) is 1. The molecule has 0 radical (unpaired) electrons. The largest absolute Gasteiger partial charge is 0.461 e. The van der Waals surface area contributed by atoms with Gasteiger partial charge in [0.05, 0.1) is 16.8 Å². The first-order valence-corrected chi connectivity index (χ1v) is 6.40.